The minimum absolute atomic E-state index is 0.0168. The molecular weight excluding hydrogens is 345 g/mol. The zero-order chi connectivity index (χ0) is 19.1. The first kappa shape index (κ1) is 18.5. The number of hydrogen-bond donors (Lipinski definition) is 1. The minimum Gasteiger partial charge on any atom is -0.494 e. The van der Waals surface area contributed by atoms with Crippen molar-refractivity contribution in [3.8, 4) is 17.2 Å². The molecule has 3 aromatic rings. The third-order valence-electron chi connectivity index (χ3n) is 3.82. The first-order chi connectivity index (χ1) is 13.1. The molecule has 3 rings (SSSR count). The van der Waals surface area contributed by atoms with Crippen molar-refractivity contribution in [1.29, 1.82) is 0 Å². The molecule has 1 N–H and O–H groups in total. The predicted molar refractivity (Wildman–Crippen MR) is 103 cm³/mol. The monoisotopic (exact) mass is 365 g/mol. The van der Waals surface area contributed by atoms with Gasteiger partial charge in [-0.15, -0.1) is 0 Å². The largest absolute Gasteiger partial charge is 0.494 e. The van der Waals surface area contributed by atoms with Gasteiger partial charge in [0.2, 0.25) is 5.91 Å². The lowest BCUT2D eigenvalue weighted by Gasteiger charge is -2.09. The fraction of sp³-hybridized carbons (Fsp3) is 0.136. The summed E-state index contributed by atoms with van der Waals surface area (Å²) < 4.78 is 24.8. The van der Waals surface area contributed by atoms with Crippen LogP contribution in [0.3, 0.4) is 0 Å². The van der Waals surface area contributed by atoms with E-state index >= 15 is 0 Å². The third-order valence-corrected chi connectivity index (χ3v) is 3.82. The van der Waals surface area contributed by atoms with Gasteiger partial charge in [0.05, 0.1) is 13.0 Å². The SMILES string of the molecule is CCOc1ccc(Oc2ccc(NC(=O)Cc3ccccc3F)cc2)cc1. The van der Waals surface area contributed by atoms with Crippen LogP contribution in [0.2, 0.25) is 0 Å². The van der Waals surface area contributed by atoms with Gasteiger partial charge >= 0.3 is 0 Å². The van der Waals surface area contributed by atoms with Crippen LogP contribution in [0.1, 0.15) is 12.5 Å². The summed E-state index contributed by atoms with van der Waals surface area (Å²) in [6.07, 6.45) is -0.0168. The molecule has 0 bridgehead atoms. The second-order valence-electron chi connectivity index (χ2n) is 5.85. The molecule has 0 fully saturated rings. The van der Waals surface area contributed by atoms with Gasteiger partial charge in [0.15, 0.2) is 0 Å². The van der Waals surface area contributed by atoms with Crippen LogP contribution in [0.5, 0.6) is 17.2 Å². The molecule has 5 heteroatoms. The number of hydrogen-bond acceptors (Lipinski definition) is 3. The molecule has 0 saturated heterocycles. The van der Waals surface area contributed by atoms with Crippen molar-refractivity contribution in [2.75, 3.05) is 11.9 Å². The molecule has 0 unspecified atom stereocenters. The molecule has 138 valence electrons. The summed E-state index contributed by atoms with van der Waals surface area (Å²) in [6, 6.07) is 20.6. The Morgan fingerprint density at radius 1 is 0.889 bits per heavy atom. The molecule has 1 amide bonds. The molecule has 0 aliphatic rings. The lowest BCUT2D eigenvalue weighted by atomic mass is 10.1. The van der Waals surface area contributed by atoms with Gasteiger partial charge < -0.3 is 14.8 Å². The van der Waals surface area contributed by atoms with Crippen LogP contribution < -0.4 is 14.8 Å². The summed E-state index contributed by atoms with van der Waals surface area (Å²) in [5, 5.41) is 2.75. The fourth-order valence-electron chi connectivity index (χ4n) is 2.53. The van der Waals surface area contributed by atoms with Crippen molar-refractivity contribution < 1.29 is 18.7 Å². The van der Waals surface area contributed by atoms with E-state index in [0.717, 1.165) is 5.75 Å². The molecule has 27 heavy (non-hydrogen) atoms. The number of rotatable bonds is 7. The Hall–Kier alpha value is -3.34. The maximum atomic E-state index is 13.6. The van der Waals surface area contributed by atoms with Crippen molar-refractivity contribution in [2.45, 2.75) is 13.3 Å². The number of carbonyl (C=O) groups excluding carboxylic acids is 1. The van der Waals surface area contributed by atoms with Gasteiger partial charge in [0.25, 0.3) is 0 Å². The second kappa shape index (κ2) is 8.85. The lowest BCUT2D eigenvalue weighted by molar-refractivity contribution is -0.115. The number of halogens is 1. The number of nitrogens with one attached hydrogen (secondary N) is 1. The van der Waals surface area contributed by atoms with Crippen LogP contribution in [0.15, 0.2) is 72.8 Å². The van der Waals surface area contributed by atoms with Gasteiger partial charge in [-0.25, -0.2) is 4.39 Å². The molecule has 0 aliphatic carbocycles. The van der Waals surface area contributed by atoms with Crippen LogP contribution in [-0.4, -0.2) is 12.5 Å². The quantitative estimate of drug-likeness (QED) is 0.626. The van der Waals surface area contributed by atoms with Gasteiger partial charge in [-0.05, 0) is 67.1 Å². The van der Waals surface area contributed by atoms with Gasteiger partial charge in [-0.2, -0.15) is 0 Å². The van der Waals surface area contributed by atoms with Crippen LogP contribution in [0.25, 0.3) is 0 Å². The summed E-state index contributed by atoms with van der Waals surface area (Å²) in [5.74, 6) is 1.46. The topological polar surface area (TPSA) is 47.6 Å². The van der Waals surface area contributed by atoms with Crippen LogP contribution >= 0.6 is 0 Å². The summed E-state index contributed by atoms with van der Waals surface area (Å²) in [6.45, 7) is 2.55. The number of carbonyl (C=O) groups is 1. The normalized spacial score (nSPS) is 10.3. The van der Waals surface area contributed by atoms with Gasteiger partial charge in [0.1, 0.15) is 23.1 Å². The number of anilines is 1. The van der Waals surface area contributed by atoms with Crippen molar-refractivity contribution in [3.63, 3.8) is 0 Å². The standard InChI is InChI=1S/C22H20FNO3/c1-2-26-18-11-13-20(14-12-18)27-19-9-7-17(8-10-19)24-22(25)15-16-5-3-4-6-21(16)23/h3-14H,2,15H2,1H3,(H,24,25). The summed E-state index contributed by atoms with van der Waals surface area (Å²) in [7, 11) is 0. The smallest absolute Gasteiger partial charge is 0.228 e. The van der Waals surface area contributed by atoms with Crippen LogP contribution in [0, 0.1) is 5.82 Å². The van der Waals surface area contributed by atoms with Gasteiger partial charge in [-0.3, -0.25) is 4.79 Å². The highest BCUT2D eigenvalue weighted by Crippen LogP contribution is 2.25. The number of benzene rings is 3. The lowest BCUT2D eigenvalue weighted by Crippen LogP contribution is -2.15. The van der Waals surface area contributed by atoms with Gasteiger partial charge in [0, 0.05) is 5.69 Å². The molecule has 0 radical (unpaired) electrons. The maximum Gasteiger partial charge on any atom is 0.228 e. The molecular formula is C22H20FNO3. The Bertz CT molecular complexity index is 892. The van der Waals surface area contributed by atoms with Gasteiger partial charge in [-0.1, -0.05) is 18.2 Å². The summed E-state index contributed by atoms with van der Waals surface area (Å²) >= 11 is 0. The molecule has 4 nitrogen and oxygen atoms in total. The molecule has 3 aromatic carbocycles. The van der Waals surface area contributed by atoms with E-state index in [1.807, 2.05) is 31.2 Å². The van der Waals surface area contributed by atoms with E-state index in [9.17, 15) is 9.18 Å². The van der Waals surface area contributed by atoms with E-state index < -0.39 is 0 Å². The summed E-state index contributed by atoms with van der Waals surface area (Å²) in [4.78, 5) is 12.1. The highest BCUT2D eigenvalue weighted by atomic mass is 19.1. The van der Waals surface area contributed by atoms with Crippen molar-refractivity contribution >= 4 is 11.6 Å². The molecule has 0 heterocycles. The van der Waals surface area contributed by atoms with E-state index in [0.29, 0.717) is 29.4 Å². The maximum absolute atomic E-state index is 13.6. The van der Waals surface area contributed by atoms with Crippen molar-refractivity contribution in [1.82, 2.24) is 0 Å². The average Bonchev–Trinajstić information content (AvgIpc) is 2.67. The Morgan fingerprint density at radius 2 is 1.48 bits per heavy atom. The van der Waals surface area contributed by atoms with E-state index in [1.54, 1.807) is 42.5 Å². The molecule has 0 aromatic heterocycles. The first-order valence-electron chi connectivity index (χ1n) is 8.68. The van der Waals surface area contributed by atoms with E-state index in [-0.39, 0.29) is 18.1 Å². The molecule has 0 saturated carbocycles. The highest BCUT2D eigenvalue weighted by molar-refractivity contribution is 5.92. The molecule has 0 spiro atoms. The zero-order valence-electron chi connectivity index (χ0n) is 14.9. The minimum atomic E-state index is -0.383. The second-order valence-corrected chi connectivity index (χ2v) is 5.85. The van der Waals surface area contributed by atoms with Crippen molar-refractivity contribution in [3.05, 3.63) is 84.2 Å². The fourth-order valence-corrected chi connectivity index (χ4v) is 2.53. The zero-order valence-corrected chi connectivity index (χ0v) is 14.9. The summed E-state index contributed by atoms with van der Waals surface area (Å²) in [5.41, 5.74) is 0.987. The Morgan fingerprint density at radius 3 is 2.11 bits per heavy atom. The Labute approximate surface area is 157 Å². The van der Waals surface area contributed by atoms with E-state index in [1.165, 1.54) is 6.07 Å². The third kappa shape index (κ3) is 5.31. The first-order valence-corrected chi connectivity index (χ1v) is 8.68. The Kier molecular flexibility index (Phi) is 6.05. The molecule has 0 atom stereocenters. The van der Waals surface area contributed by atoms with Crippen LogP contribution in [-0.2, 0) is 11.2 Å². The molecule has 0 aliphatic heterocycles. The van der Waals surface area contributed by atoms with E-state index in [2.05, 4.69) is 5.32 Å². The number of amides is 1. The van der Waals surface area contributed by atoms with Crippen molar-refractivity contribution in [2.24, 2.45) is 0 Å². The highest BCUT2D eigenvalue weighted by Gasteiger charge is 2.08. The predicted octanol–water partition coefficient (Wildman–Crippen LogP) is 5.20. The van der Waals surface area contributed by atoms with E-state index in [4.69, 9.17) is 9.47 Å². The number of ether oxygens (including phenoxy) is 2. The Balaban J connectivity index is 1.56. The average molecular weight is 365 g/mol. The van der Waals surface area contributed by atoms with Crippen LogP contribution in [0.4, 0.5) is 10.1 Å².